The van der Waals surface area contributed by atoms with E-state index in [2.05, 4.69) is 20.2 Å². The fourth-order valence-electron chi connectivity index (χ4n) is 3.22. The number of para-hydroxylation sites is 1. The molecule has 7 heteroatoms. The quantitative estimate of drug-likeness (QED) is 0.783. The number of nitrogens with zero attached hydrogens (tertiary/aromatic N) is 4. The summed E-state index contributed by atoms with van der Waals surface area (Å²) in [6.45, 7) is 1.31. The van der Waals surface area contributed by atoms with Crippen LogP contribution in [0, 0.1) is 0 Å². The number of nitrogens with one attached hydrogen (secondary N) is 1. The Morgan fingerprint density at radius 2 is 1.96 bits per heavy atom. The number of carbonyl (C=O) groups is 1. The van der Waals surface area contributed by atoms with E-state index in [9.17, 15) is 4.79 Å². The van der Waals surface area contributed by atoms with Crippen LogP contribution in [0.4, 0.5) is 0 Å². The minimum absolute atomic E-state index is 0.0402. The summed E-state index contributed by atoms with van der Waals surface area (Å²) in [5.41, 5.74) is 1.30. The van der Waals surface area contributed by atoms with Gasteiger partial charge < -0.3 is 9.64 Å². The van der Waals surface area contributed by atoms with E-state index in [0.29, 0.717) is 18.1 Å². The molecule has 2 aromatic heterocycles. The Morgan fingerprint density at radius 1 is 1.12 bits per heavy atom. The first-order valence-corrected chi connectivity index (χ1v) is 8.64. The second-order valence-corrected chi connectivity index (χ2v) is 6.22. The first kappa shape index (κ1) is 16.3. The highest BCUT2D eigenvalue weighted by atomic mass is 16.5. The van der Waals surface area contributed by atoms with Gasteiger partial charge in [-0.3, -0.25) is 14.9 Å². The Balaban J connectivity index is 1.54. The number of rotatable bonds is 4. The molecule has 26 heavy (non-hydrogen) atoms. The molecule has 1 amide bonds. The van der Waals surface area contributed by atoms with Gasteiger partial charge in [0.1, 0.15) is 17.1 Å². The minimum atomic E-state index is -0.0402. The normalized spacial score (nSPS) is 17.1. The zero-order valence-electron chi connectivity index (χ0n) is 14.2. The van der Waals surface area contributed by atoms with E-state index in [-0.39, 0.29) is 11.8 Å². The molecule has 1 saturated heterocycles. The highest BCUT2D eigenvalue weighted by Gasteiger charge is 2.29. The van der Waals surface area contributed by atoms with Crippen molar-refractivity contribution >= 4 is 5.91 Å². The lowest BCUT2D eigenvalue weighted by Gasteiger charge is -2.32. The lowest BCUT2D eigenvalue weighted by Crippen LogP contribution is -2.39. The zero-order chi connectivity index (χ0) is 17.8. The first-order valence-electron chi connectivity index (χ1n) is 8.64. The summed E-state index contributed by atoms with van der Waals surface area (Å²) in [4.78, 5) is 23.3. The fraction of sp³-hybridized carbons (Fsp3) is 0.263. The van der Waals surface area contributed by atoms with Gasteiger partial charge >= 0.3 is 0 Å². The molecule has 3 heterocycles. The van der Waals surface area contributed by atoms with E-state index in [1.807, 2.05) is 35.2 Å². The van der Waals surface area contributed by atoms with Crippen LogP contribution in [0.5, 0.6) is 11.6 Å². The Hall–Kier alpha value is -3.22. The number of aromatic nitrogens is 4. The molecule has 7 nitrogen and oxygen atoms in total. The Bertz CT molecular complexity index is 867. The monoisotopic (exact) mass is 349 g/mol. The van der Waals surface area contributed by atoms with Crippen LogP contribution in [0.3, 0.4) is 0 Å². The molecule has 1 aliphatic rings. The van der Waals surface area contributed by atoms with Crippen molar-refractivity contribution < 1.29 is 9.53 Å². The maximum Gasteiger partial charge on any atom is 0.271 e. The lowest BCUT2D eigenvalue weighted by molar-refractivity contribution is 0.0698. The number of ether oxygens (including phenoxy) is 1. The molecule has 0 aliphatic carbocycles. The van der Waals surface area contributed by atoms with Gasteiger partial charge in [0.2, 0.25) is 5.88 Å². The van der Waals surface area contributed by atoms with Crippen LogP contribution in [-0.4, -0.2) is 44.1 Å². The van der Waals surface area contributed by atoms with Crippen molar-refractivity contribution in [2.24, 2.45) is 0 Å². The zero-order valence-corrected chi connectivity index (χ0v) is 14.2. The predicted octanol–water partition coefficient (Wildman–Crippen LogP) is 3.01. The number of benzene rings is 1. The number of aromatic amines is 1. The van der Waals surface area contributed by atoms with Crippen molar-refractivity contribution in [1.29, 1.82) is 0 Å². The Labute approximate surface area is 151 Å². The van der Waals surface area contributed by atoms with E-state index in [4.69, 9.17) is 4.74 Å². The molecule has 1 aliphatic heterocycles. The first-order chi connectivity index (χ1) is 12.8. The molecule has 0 radical (unpaired) electrons. The maximum absolute atomic E-state index is 12.6. The van der Waals surface area contributed by atoms with Crippen molar-refractivity contribution in [1.82, 2.24) is 25.1 Å². The molecule has 1 fully saturated rings. The van der Waals surface area contributed by atoms with Gasteiger partial charge in [-0.05, 0) is 31.0 Å². The molecule has 4 rings (SSSR count). The largest absolute Gasteiger partial charge is 0.437 e. The highest BCUT2D eigenvalue weighted by Crippen LogP contribution is 2.32. The third-order valence-electron chi connectivity index (χ3n) is 4.48. The highest BCUT2D eigenvalue weighted by molar-refractivity contribution is 5.92. The number of hydrogen-bond acceptors (Lipinski definition) is 5. The van der Waals surface area contributed by atoms with Crippen LogP contribution >= 0.6 is 0 Å². The lowest BCUT2D eigenvalue weighted by atomic mass is 9.94. The summed E-state index contributed by atoms with van der Waals surface area (Å²) in [5, 5.41) is 6.60. The van der Waals surface area contributed by atoms with Crippen LogP contribution in [-0.2, 0) is 0 Å². The average molecular weight is 349 g/mol. The van der Waals surface area contributed by atoms with Gasteiger partial charge in [-0.15, -0.1) is 0 Å². The van der Waals surface area contributed by atoms with Crippen LogP contribution in [0.2, 0.25) is 0 Å². The predicted molar refractivity (Wildman–Crippen MR) is 95.0 cm³/mol. The molecule has 0 unspecified atom stereocenters. The number of carbonyl (C=O) groups excluding carboxylic acids is 1. The van der Waals surface area contributed by atoms with Crippen molar-refractivity contribution in [3.8, 4) is 11.6 Å². The second-order valence-electron chi connectivity index (χ2n) is 6.22. The van der Waals surface area contributed by atoms with Gasteiger partial charge in [-0.25, -0.2) is 4.98 Å². The molecule has 0 saturated carbocycles. The van der Waals surface area contributed by atoms with E-state index in [0.717, 1.165) is 30.8 Å². The number of amides is 1. The SMILES string of the molecule is O=C(c1ccn[nH]1)N1CCC[C@H](c2nccnc2Oc2ccccc2)C1. The van der Waals surface area contributed by atoms with Crippen LogP contribution in [0.1, 0.15) is 34.9 Å². The van der Waals surface area contributed by atoms with Crippen molar-refractivity contribution in [2.45, 2.75) is 18.8 Å². The standard InChI is InChI=1S/C19H19N5O2/c25-19(16-8-9-22-23-16)24-12-4-5-14(13-24)17-18(21-11-10-20-17)26-15-6-2-1-3-7-15/h1-3,6-11,14H,4-5,12-13H2,(H,22,23)/t14-/m0/s1. The number of H-pyrrole nitrogens is 1. The fourth-order valence-corrected chi connectivity index (χ4v) is 3.22. The molecule has 132 valence electrons. The third-order valence-corrected chi connectivity index (χ3v) is 4.48. The van der Waals surface area contributed by atoms with Crippen LogP contribution in [0.15, 0.2) is 55.0 Å². The van der Waals surface area contributed by atoms with Gasteiger partial charge in [-0.2, -0.15) is 5.10 Å². The summed E-state index contributed by atoms with van der Waals surface area (Å²) in [6.07, 6.45) is 6.73. The topological polar surface area (TPSA) is 84.0 Å². The van der Waals surface area contributed by atoms with Crippen molar-refractivity contribution in [3.63, 3.8) is 0 Å². The summed E-state index contributed by atoms with van der Waals surface area (Å²) in [6, 6.07) is 11.2. The molecule has 0 bridgehead atoms. The summed E-state index contributed by atoms with van der Waals surface area (Å²) in [7, 11) is 0. The van der Waals surface area contributed by atoms with Gasteiger partial charge in [0.25, 0.3) is 5.91 Å². The minimum Gasteiger partial charge on any atom is -0.437 e. The van der Waals surface area contributed by atoms with E-state index in [1.54, 1.807) is 24.7 Å². The maximum atomic E-state index is 12.6. The third kappa shape index (κ3) is 3.42. The van der Waals surface area contributed by atoms with Gasteiger partial charge in [0, 0.05) is 37.6 Å². The smallest absolute Gasteiger partial charge is 0.271 e. The number of likely N-dealkylation sites (tertiary alicyclic amines) is 1. The molecule has 1 aromatic carbocycles. The second kappa shape index (κ2) is 7.35. The summed E-state index contributed by atoms with van der Waals surface area (Å²) >= 11 is 0. The van der Waals surface area contributed by atoms with Gasteiger partial charge in [-0.1, -0.05) is 18.2 Å². The Morgan fingerprint density at radius 3 is 2.77 bits per heavy atom. The van der Waals surface area contributed by atoms with Gasteiger partial charge in [0.15, 0.2) is 0 Å². The summed E-state index contributed by atoms with van der Waals surface area (Å²) in [5.74, 6) is 1.26. The van der Waals surface area contributed by atoms with Crippen LogP contribution in [0.25, 0.3) is 0 Å². The molecule has 0 spiro atoms. The summed E-state index contributed by atoms with van der Waals surface area (Å²) < 4.78 is 5.94. The van der Waals surface area contributed by atoms with Gasteiger partial charge in [0.05, 0.1) is 0 Å². The molecular formula is C19H19N5O2. The van der Waals surface area contributed by atoms with E-state index >= 15 is 0 Å². The molecular weight excluding hydrogens is 330 g/mol. The number of piperidine rings is 1. The average Bonchev–Trinajstić information content (AvgIpc) is 3.24. The number of hydrogen-bond donors (Lipinski definition) is 1. The van der Waals surface area contributed by atoms with Crippen molar-refractivity contribution in [2.75, 3.05) is 13.1 Å². The molecule has 1 atom stereocenters. The van der Waals surface area contributed by atoms with E-state index in [1.165, 1.54) is 0 Å². The van der Waals surface area contributed by atoms with E-state index < -0.39 is 0 Å². The molecule has 3 aromatic rings. The Kier molecular flexibility index (Phi) is 4.59. The van der Waals surface area contributed by atoms with Crippen LogP contribution < -0.4 is 4.74 Å². The molecule has 1 N–H and O–H groups in total. The van der Waals surface area contributed by atoms with Crippen molar-refractivity contribution in [3.05, 3.63) is 66.4 Å².